The predicted octanol–water partition coefficient (Wildman–Crippen LogP) is 3.75. The SMILES string of the molecule is COC(=O)CNc1c(-c2ccccc2C)nc2c(C(=O)NC(CC(=O)O)c3cccc([N+](=O)[O-])c3)cccn12. The Hall–Kier alpha value is -5.26. The molecule has 0 bridgehead atoms. The number of amides is 1. The largest absolute Gasteiger partial charge is 0.481 e. The van der Waals surface area contributed by atoms with Crippen molar-refractivity contribution < 1.29 is 29.2 Å². The first-order valence-corrected chi connectivity index (χ1v) is 11.8. The van der Waals surface area contributed by atoms with Gasteiger partial charge in [0.15, 0.2) is 5.65 Å². The Balaban J connectivity index is 1.78. The number of carboxylic acid groups (broad SMARTS) is 1. The highest BCUT2D eigenvalue weighted by Crippen LogP contribution is 2.32. The van der Waals surface area contributed by atoms with E-state index in [1.54, 1.807) is 16.7 Å². The van der Waals surface area contributed by atoms with Crippen LogP contribution in [0.3, 0.4) is 0 Å². The molecule has 0 saturated carbocycles. The van der Waals surface area contributed by atoms with Crippen molar-refractivity contribution >= 4 is 35.0 Å². The van der Waals surface area contributed by atoms with Crippen LogP contribution >= 0.6 is 0 Å². The number of aromatic nitrogens is 2. The van der Waals surface area contributed by atoms with E-state index in [1.807, 2.05) is 31.2 Å². The number of carbonyl (C=O) groups is 3. The summed E-state index contributed by atoms with van der Waals surface area (Å²) in [5.41, 5.74) is 2.64. The third-order valence-electron chi connectivity index (χ3n) is 6.09. The summed E-state index contributed by atoms with van der Waals surface area (Å²) in [5.74, 6) is -1.86. The number of ether oxygens (including phenoxy) is 1. The highest BCUT2D eigenvalue weighted by Gasteiger charge is 2.25. The van der Waals surface area contributed by atoms with Gasteiger partial charge in [-0.3, -0.25) is 28.9 Å². The smallest absolute Gasteiger partial charge is 0.325 e. The van der Waals surface area contributed by atoms with E-state index in [0.29, 0.717) is 11.5 Å². The van der Waals surface area contributed by atoms with E-state index in [2.05, 4.69) is 10.6 Å². The summed E-state index contributed by atoms with van der Waals surface area (Å²) in [7, 11) is 1.28. The lowest BCUT2D eigenvalue weighted by Crippen LogP contribution is -2.30. The van der Waals surface area contributed by atoms with Crippen LogP contribution in [-0.4, -0.2) is 50.9 Å². The van der Waals surface area contributed by atoms with Crippen LogP contribution in [0.4, 0.5) is 11.5 Å². The molecule has 0 radical (unpaired) electrons. The van der Waals surface area contributed by atoms with Crippen LogP contribution in [0.15, 0.2) is 66.9 Å². The van der Waals surface area contributed by atoms with E-state index >= 15 is 0 Å². The fourth-order valence-electron chi connectivity index (χ4n) is 4.19. The lowest BCUT2D eigenvalue weighted by Gasteiger charge is -2.17. The maximum absolute atomic E-state index is 13.5. The standard InChI is InChI=1S/C27H25N5O7/c1-16-7-3-4-10-19(16)24-26(28-15-23(35)39-2)31-12-6-11-20(25(31)30-24)27(36)29-21(14-22(33)34)17-8-5-9-18(13-17)32(37)38/h3-13,21,28H,14-15H2,1-2H3,(H,29,36)(H,33,34). The number of nitro benzene ring substituents is 1. The number of carboxylic acids is 1. The fourth-order valence-corrected chi connectivity index (χ4v) is 4.19. The maximum atomic E-state index is 13.5. The molecule has 4 rings (SSSR count). The molecule has 2 aromatic heterocycles. The van der Waals surface area contributed by atoms with Crippen LogP contribution < -0.4 is 10.6 Å². The number of pyridine rings is 1. The van der Waals surface area contributed by atoms with Crippen molar-refractivity contribution in [2.24, 2.45) is 0 Å². The molecule has 0 spiro atoms. The highest BCUT2D eigenvalue weighted by molar-refractivity contribution is 6.01. The molecule has 12 heteroatoms. The van der Waals surface area contributed by atoms with Crippen molar-refractivity contribution in [2.45, 2.75) is 19.4 Å². The predicted molar refractivity (Wildman–Crippen MR) is 141 cm³/mol. The molecule has 1 amide bonds. The monoisotopic (exact) mass is 531 g/mol. The van der Waals surface area contributed by atoms with Gasteiger partial charge in [0.2, 0.25) is 0 Å². The second kappa shape index (κ2) is 11.4. The summed E-state index contributed by atoms with van der Waals surface area (Å²) in [6, 6.07) is 15.1. The second-order valence-corrected chi connectivity index (χ2v) is 8.65. The van der Waals surface area contributed by atoms with E-state index in [1.165, 1.54) is 37.4 Å². The molecule has 2 heterocycles. The zero-order chi connectivity index (χ0) is 28.1. The van der Waals surface area contributed by atoms with Gasteiger partial charge >= 0.3 is 11.9 Å². The van der Waals surface area contributed by atoms with Gasteiger partial charge in [-0.05, 0) is 30.2 Å². The lowest BCUT2D eigenvalue weighted by molar-refractivity contribution is -0.384. The van der Waals surface area contributed by atoms with Crippen LogP contribution in [-0.2, 0) is 14.3 Å². The first-order valence-electron chi connectivity index (χ1n) is 11.8. The number of nitro groups is 1. The van der Waals surface area contributed by atoms with Gasteiger partial charge in [0.25, 0.3) is 11.6 Å². The summed E-state index contributed by atoms with van der Waals surface area (Å²) in [5, 5.41) is 26.4. The molecule has 0 fully saturated rings. The van der Waals surface area contributed by atoms with Gasteiger partial charge in [0, 0.05) is 23.9 Å². The van der Waals surface area contributed by atoms with E-state index < -0.39 is 35.2 Å². The second-order valence-electron chi connectivity index (χ2n) is 8.65. The molecule has 2 aromatic carbocycles. The van der Waals surface area contributed by atoms with Gasteiger partial charge < -0.3 is 20.5 Å². The molecule has 200 valence electrons. The number of aryl methyl sites for hydroxylation is 1. The normalized spacial score (nSPS) is 11.5. The Morgan fingerprint density at radius 1 is 1.13 bits per heavy atom. The topological polar surface area (TPSA) is 165 Å². The molecule has 1 atom stereocenters. The summed E-state index contributed by atoms with van der Waals surface area (Å²) in [6.45, 7) is 1.76. The minimum atomic E-state index is -1.19. The van der Waals surface area contributed by atoms with Crippen LogP contribution in [0.2, 0.25) is 0 Å². The average molecular weight is 532 g/mol. The number of methoxy groups -OCH3 is 1. The van der Waals surface area contributed by atoms with E-state index in [-0.39, 0.29) is 29.0 Å². The summed E-state index contributed by atoms with van der Waals surface area (Å²) in [6.07, 6.45) is 1.18. The van der Waals surface area contributed by atoms with Crippen molar-refractivity contribution in [3.63, 3.8) is 0 Å². The van der Waals surface area contributed by atoms with Gasteiger partial charge in [-0.1, -0.05) is 36.4 Å². The number of non-ortho nitro benzene ring substituents is 1. The van der Waals surface area contributed by atoms with E-state index in [0.717, 1.165) is 11.1 Å². The third kappa shape index (κ3) is 5.85. The molecule has 1 unspecified atom stereocenters. The van der Waals surface area contributed by atoms with E-state index in [9.17, 15) is 29.6 Å². The number of nitrogens with one attached hydrogen (secondary N) is 2. The van der Waals surface area contributed by atoms with Crippen LogP contribution in [0.5, 0.6) is 0 Å². The Bertz CT molecular complexity index is 1580. The Labute approximate surface area is 222 Å². The zero-order valence-electron chi connectivity index (χ0n) is 21.1. The highest BCUT2D eigenvalue weighted by atomic mass is 16.6. The van der Waals surface area contributed by atoms with Crippen molar-refractivity contribution in [1.82, 2.24) is 14.7 Å². The fraction of sp³-hybridized carbons (Fsp3) is 0.185. The quantitative estimate of drug-likeness (QED) is 0.157. The minimum absolute atomic E-state index is 0.138. The third-order valence-corrected chi connectivity index (χ3v) is 6.09. The Morgan fingerprint density at radius 3 is 2.59 bits per heavy atom. The van der Waals surface area contributed by atoms with Crippen molar-refractivity contribution in [2.75, 3.05) is 19.0 Å². The molecule has 12 nitrogen and oxygen atoms in total. The Morgan fingerprint density at radius 2 is 1.90 bits per heavy atom. The van der Waals surface area contributed by atoms with Gasteiger partial charge in [-0.2, -0.15) is 0 Å². The summed E-state index contributed by atoms with van der Waals surface area (Å²) in [4.78, 5) is 52.3. The zero-order valence-corrected chi connectivity index (χ0v) is 21.1. The maximum Gasteiger partial charge on any atom is 0.325 e. The molecule has 3 N–H and O–H groups in total. The average Bonchev–Trinajstić information content (AvgIpc) is 3.29. The molecule has 0 aliphatic rings. The number of imidazole rings is 1. The number of rotatable bonds is 10. The van der Waals surface area contributed by atoms with Crippen LogP contribution in [0.1, 0.15) is 33.9 Å². The van der Waals surface area contributed by atoms with Crippen LogP contribution in [0, 0.1) is 17.0 Å². The number of benzene rings is 2. The van der Waals surface area contributed by atoms with Crippen molar-refractivity contribution in [3.8, 4) is 11.3 Å². The molecule has 0 aliphatic heterocycles. The molecule has 39 heavy (non-hydrogen) atoms. The number of fused-ring (bicyclic) bond motifs is 1. The first kappa shape index (κ1) is 26.8. The minimum Gasteiger partial charge on any atom is -0.481 e. The number of hydrogen-bond donors (Lipinski definition) is 3. The number of hydrogen-bond acceptors (Lipinski definition) is 8. The number of aliphatic carboxylic acids is 1. The molecule has 0 aliphatic carbocycles. The van der Waals surface area contributed by atoms with Crippen molar-refractivity contribution in [3.05, 3.63) is 93.7 Å². The molecule has 0 saturated heterocycles. The summed E-state index contributed by atoms with van der Waals surface area (Å²) < 4.78 is 6.37. The first-order chi connectivity index (χ1) is 18.7. The Kier molecular flexibility index (Phi) is 7.85. The van der Waals surface area contributed by atoms with Gasteiger partial charge in [0.1, 0.15) is 18.1 Å². The number of esters is 1. The van der Waals surface area contributed by atoms with Gasteiger partial charge in [-0.25, -0.2) is 4.98 Å². The lowest BCUT2D eigenvalue weighted by atomic mass is 10.0. The summed E-state index contributed by atoms with van der Waals surface area (Å²) >= 11 is 0. The number of carbonyl (C=O) groups excluding carboxylic acids is 2. The van der Waals surface area contributed by atoms with Crippen LogP contribution in [0.25, 0.3) is 16.9 Å². The number of anilines is 1. The molecular weight excluding hydrogens is 506 g/mol. The number of nitrogens with zero attached hydrogens (tertiary/aromatic N) is 3. The van der Waals surface area contributed by atoms with Gasteiger partial charge in [-0.15, -0.1) is 0 Å². The molecular formula is C27H25N5O7. The van der Waals surface area contributed by atoms with Gasteiger partial charge in [0.05, 0.1) is 30.1 Å². The molecule has 4 aromatic rings. The van der Waals surface area contributed by atoms with E-state index in [4.69, 9.17) is 9.72 Å². The van der Waals surface area contributed by atoms with Crippen molar-refractivity contribution in [1.29, 1.82) is 0 Å².